The van der Waals surface area contributed by atoms with Crippen molar-refractivity contribution in [1.29, 1.82) is 0 Å². The Balaban J connectivity index is 1.39. The van der Waals surface area contributed by atoms with E-state index in [1.807, 2.05) is 31.3 Å². The number of nitrogens with one attached hydrogen (secondary N) is 1. The van der Waals surface area contributed by atoms with Crippen molar-refractivity contribution in [2.45, 2.75) is 19.5 Å². The molecule has 1 unspecified atom stereocenters. The summed E-state index contributed by atoms with van der Waals surface area (Å²) in [6, 6.07) is 17.2. The topological polar surface area (TPSA) is 80.5 Å². The smallest absolute Gasteiger partial charge is 0.286 e. The number of benzene rings is 2. The summed E-state index contributed by atoms with van der Waals surface area (Å²) in [5, 5.41) is 13.2. The molecule has 7 nitrogen and oxygen atoms in total. The number of rotatable bonds is 7. The Morgan fingerprint density at radius 2 is 1.97 bits per heavy atom. The van der Waals surface area contributed by atoms with E-state index in [9.17, 15) is 4.79 Å². The number of para-hydroxylation sites is 1. The van der Waals surface area contributed by atoms with Crippen LogP contribution in [0.1, 0.15) is 33.5 Å². The number of ether oxygens (including phenoxy) is 1. The SMILES string of the molecule is COc1ccc(NC(=O)c2nnc(CN(C)C(C)c3cc4ccccc4o3)s2)cc1. The maximum atomic E-state index is 12.5. The van der Waals surface area contributed by atoms with Gasteiger partial charge in [-0.15, -0.1) is 10.2 Å². The minimum atomic E-state index is -0.281. The van der Waals surface area contributed by atoms with E-state index in [1.54, 1.807) is 31.4 Å². The fraction of sp³-hybridized carbons (Fsp3) is 0.227. The third kappa shape index (κ3) is 4.34. The number of nitrogens with zero attached hydrogens (tertiary/aromatic N) is 3. The minimum absolute atomic E-state index is 0.0536. The van der Waals surface area contributed by atoms with E-state index in [0.29, 0.717) is 17.2 Å². The van der Waals surface area contributed by atoms with E-state index in [2.05, 4.69) is 33.4 Å². The minimum Gasteiger partial charge on any atom is -0.497 e. The molecule has 0 saturated carbocycles. The summed E-state index contributed by atoms with van der Waals surface area (Å²) < 4.78 is 11.1. The number of carbonyl (C=O) groups excluding carboxylic acids is 1. The zero-order valence-corrected chi connectivity index (χ0v) is 17.8. The van der Waals surface area contributed by atoms with Crippen LogP contribution in [0.4, 0.5) is 5.69 Å². The first-order valence-electron chi connectivity index (χ1n) is 9.50. The normalized spacial score (nSPS) is 12.3. The average Bonchev–Trinajstić information content (AvgIpc) is 3.40. The molecule has 0 aliphatic rings. The van der Waals surface area contributed by atoms with Crippen LogP contribution in [0.25, 0.3) is 11.0 Å². The zero-order chi connectivity index (χ0) is 21.1. The molecule has 0 bridgehead atoms. The number of hydrogen-bond acceptors (Lipinski definition) is 7. The van der Waals surface area contributed by atoms with Gasteiger partial charge >= 0.3 is 0 Å². The van der Waals surface area contributed by atoms with Crippen LogP contribution in [-0.4, -0.2) is 35.2 Å². The quantitative estimate of drug-likeness (QED) is 0.463. The highest BCUT2D eigenvalue weighted by molar-refractivity contribution is 7.13. The highest BCUT2D eigenvalue weighted by Gasteiger charge is 2.19. The van der Waals surface area contributed by atoms with E-state index in [4.69, 9.17) is 9.15 Å². The maximum Gasteiger partial charge on any atom is 0.286 e. The van der Waals surface area contributed by atoms with Gasteiger partial charge in [0.15, 0.2) is 0 Å². The molecule has 1 amide bonds. The first-order chi connectivity index (χ1) is 14.5. The van der Waals surface area contributed by atoms with Gasteiger partial charge in [0.25, 0.3) is 5.91 Å². The molecule has 1 atom stereocenters. The molecule has 0 spiro atoms. The molecule has 4 aromatic rings. The lowest BCUT2D eigenvalue weighted by Crippen LogP contribution is -2.21. The number of carbonyl (C=O) groups is 1. The van der Waals surface area contributed by atoms with Gasteiger partial charge in [-0.2, -0.15) is 0 Å². The van der Waals surface area contributed by atoms with Gasteiger partial charge in [-0.3, -0.25) is 9.69 Å². The van der Waals surface area contributed by atoms with E-state index >= 15 is 0 Å². The van der Waals surface area contributed by atoms with Gasteiger partial charge in [0, 0.05) is 11.1 Å². The second-order valence-corrected chi connectivity index (χ2v) is 8.02. The molecule has 2 heterocycles. The molecule has 0 aliphatic heterocycles. The highest BCUT2D eigenvalue weighted by Crippen LogP contribution is 2.28. The predicted molar refractivity (Wildman–Crippen MR) is 117 cm³/mol. The van der Waals surface area contributed by atoms with Crippen molar-refractivity contribution < 1.29 is 13.9 Å². The van der Waals surface area contributed by atoms with Crippen LogP contribution in [0, 0.1) is 0 Å². The monoisotopic (exact) mass is 422 g/mol. The molecule has 1 N–H and O–H groups in total. The van der Waals surface area contributed by atoms with Crippen molar-refractivity contribution >= 4 is 33.9 Å². The average molecular weight is 423 g/mol. The van der Waals surface area contributed by atoms with Crippen LogP contribution in [-0.2, 0) is 6.54 Å². The van der Waals surface area contributed by atoms with Gasteiger partial charge in [0.1, 0.15) is 22.1 Å². The number of amides is 1. The van der Waals surface area contributed by atoms with Gasteiger partial charge < -0.3 is 14.5 Å². The summed E-state index contributed by atoms with van der Waals surface area (Å²) in [5.74, 6) is 1.34. The number of fused-ring (bicyclic) bond motifs is 1. The summed E-state index contributed by atoms with van der Waals surface area (Å²) in [5.41, 5.74) is 1.55. The standard InChI is InChI=1S/C22H22N4O3S/c1-14(19-12-15-6-4-5-7-18(15)29-19)26(2)13-20-24-25-22(30-20)21(27)23-16-8-10-17(28-3)11-9-16/h4-12,14H,13H2,1-3H3,(H,23,27). The first kappa shape index (κ1) is 20.1. The van der Waals surface area contributed by atoms with Crippen LogP contribution < -0.4 is 10.1 Å². The summed E-state index contributed by atoms with van der Waals surface area (Å²) in [6.07, 6.45) is 0. The number of methoxy groups -OCH3 is 1. The second-order valence-electron chi connectivity index (χ2n) is 6.96. The first-order valence-corrected chi connectivity index (χ1v) is 10.3. The molecule has 8 heteroatoms. The number of aromatic nitrogens is 2. The van der Waals surface area contributed by atoms with Gasteiger partial charge in [0.05, 0.1) is 19.7 Å². The molecule has 30 heavy (non-hydrogen) atoms. The predicted octanol–water partition coefficient (Wildman–Crippen LogP) is 4.74. The lowest BCUT2D eigenvalue weighted by Gasteiger charge is -2.21. The number of anilines is 1. The van der Waals surface area contributed by atoms with Crippen molar-refractivity contribution in [3.63, 3.8) is 0 Å². The van der Waals surface area contributed by atoms with Gasteiger partial charge in [-0.05, 0) is 50.4 Å². The van der Waals surface area contributed by atoms with Crippen molar-refractivity contribution in [1.82, 2.24) is 15.1 Å². The summed E-state index contributed by atoms with van der Waals surface area (Å²) in [6.45, 7) is 2.64. The van der Waals surface area contributed by atoms with Crippen molar-refractivity contribution in [3.05, 3.63) is 70.4 Å². The van der Waals surface area contributed by atoms with Crippen LogP contribution in [0.15, 0.2) is 59.0 Å². The Morgan fingerprint density at radius 1 is 1.20 bits per heavy atom. The van der Waals surface area contributed by atoms with E-state index in [-0.39, 0.29) is 11.9 Å². The van der Waals surface area contributed by atoms with Gasteiger partial charge in [-0.25, -0.2) is 0 Å². The van der Waals surface area contributed by atoms with Gasteiger partial charge in [-0.1, -0.05) is 29.5 Å². The lowest BCUT2D eigenvalue weighted by molar-refractivity contribution is 0.102. The number of furan rings is 1. The largest absolute Gasteiger partial charge is 0.497 e. The van der Waals surface area contributed by atoms with E-state index < -0.39 is 0 Å². The Hall–Kier alpha value is -3.23. The highest BCUT2D eigenvalue weighted by atomic mass is 32.1. The lowest BCUT2D eigenvalue weighted by atomic mass is 10.2. The third-order valence-corrected chi connectivity index (χ3v) is 5.82. The van der Waals surface area contributed by atoms with Crippen molar-refractivity contribution in [2.24, 2.45) is 0 Å². The summed E-state index contributed by atoms with van der Waals surface area (Å²) in [4.78, 5) is 14.6. The molecule has 0 radical (unpaired) electrons. The van der Waals surface area contributed by atoms with Crippen molar-refractivity contribution in [2.75, 3.05) is 19.5 Å². The molecule has 0 fully saturated rings. The van der Waals surface area contributed by atoms with Crippen LogP contribution in [0.3, 0.4) is 0 Å². The van der Waals surface area contributed by atoms with Crippen LogP contribution in [0.2, 0.25) is 0 Å². The Morgan fingerprint density at radius 3 is 2.70 bits per heavy atom. The Labute approximate surface area is 178 Å². The summed E-state index contributed by atoms with van der Waals surface area (Å²) in [7, 11) is 3.60. The fourth-order valence-electron chi connectivity index (χ4n) is 3.04. The molecular formula is C22H22N4O3S. The van der Waals surface area contributed by atoms with Crippen LogP contribution >= 0.6 is 11.3 Å². The van der Waals surface area contributed by atoms with Gasteiger partial charge in [0.2, 0.25) is 5.01 Å². The summed E-state index contributed by atoms with van der Waals surface area (Å²) >= 11 is 1.28. The molecule has 2 aromatic carbocycles. The van der Waals surface area contributed by atoms with Crippen LogP contribution in [0.5, 0.6) is 5.75 Å². The van der Waals surface area contributed by atoms with E-state index in [0.717, 1.165) is 27.5 Å². The molecule has 4 rings (SSSR count). The second kappa shape index (κ2) is 8.64. The maximum absolute atomic E-state index is 12.5. The molecule has 0 aliphatic carbocycles. The molecule has 0 saturated heterocycles. The fourth-order valence-corrected chi connectivity index (χ4v) is 3.84. The third-order valence-electron chi connectivity index (χ3n) is 4.91. The molecule has 154 valence electrons. The molecule has 2 aromatic heterocycles. The zero-order valence-electron chi connectivity index (χ0n) is 17.0. The Bertz CT molecular complexity index is 1120. The number of hydrogen-bond donors (Lipinski definition) is 1. The van der Waals surface area contributed by atoms with Crippen molar-refractivity contribution in [3.8, 4) is 5.75 Å². The van der Waals surface area contributed by atoms with E-state index in [1.165, 1.54) is 11.3 Å². The Kier molecular flexibility index (Phi) is 5.78. The molecular weight excluding hydrogens is 400 g/mol.